The second-order valence-corrected chi connectivity index (χ2v) is 5.76. The Hall–Kier alpha value is -1.02. The molecular formula is C16H14Cl2O. The Bertz CT molecular complexity index is 609. The number of fused-ring (bicyclic) bond motifs is 1. The second kappa shape index (κ2) is 5.16. The van der Waals surface area contributed by atoms with Crippen LogP contribution in [0.5, 0.6) is 0 Å². The van der Waals surface area contributed by atoms with Crippen molar-refractivity contribution < 1.29 is 5.11 Å². The first-order valence-electron chi connectivity index (χ1n) is 6.38. The van der Waals surface area contributed by atoms with Gasteiger partial charge in [0.1, 0.15) is 0 Å². The quantitative estimate of drug-likeness (QED) is 0.788. The van der Waals surface area contributed by atoms with E-state index in [2.05, 4.69) is 6.07 Å². The molecule has 0 bridgehead atoms. The van der Waals surface area contributed by atoms with Crippen LogP contribution in [0.1, 0.15) is 41.6 Å². The number of hydrogen-bond acceptors (Lipinski definition) is 1. The Balaban J connectivity index is 2.07. The topological polar surface area (TPSA) is 20.2 Å². The summed E-state index contributed by atoms with van der Waals surface area (Å²) in [4.78, 5) is 0. The maximum Gasteiger partial charge on any atom is 0.0793 e. The normalized spacial score (nSPS) is 22.1. The first kappa shape index (κ1) is 13.0. The molecule has 1 nitrogen and oxygen atoms in total. The van der Waals surface area contributed by atoms with Gasteiger partial charge < -0.3 is 5.11 Å². The molecular weight excluding hydrogens is 279 g/mol. The van der Waals surface area contributed by atoms with Crippen molar-refractivity contribution in [1.82, 2.24) is 0 Å². The number of hydrogen-bond donors (Lipinski definition) is 1. The molecule has 2 aromatic carbocycles. The molecule has 2 atom stereocenters. The summed E-state index contributed by atoms with van der Waals surface area (Å²) in [7, 11) is 0. The van der Waals surface area contributed by atoms with Crippen LogP contribution < -0.4 is 0 Å². The number of aliphatic hydroxyl groups excluding tert-OH is 1. The Morgan fingerprint density at radius 3 is 2.37 bits per heavy atom. The minimum atomic E-state index is -0.352. The molecule has 0 aliphatic heterocycles. The van der Waals surface area contributed by atoms with Crippen molar-refractivity contribution in [3.05, 3.63) is 69.2 Å². The SMILES string of the molecule is O[C@@H]1CC[C@H](c2ccc(Cl)c(Cl)c2)c2ccccc21. The maximum absolute atomic E-state index is 10.1. The monoisotopic (exact) mass is 292 g/mol. The highest BCUT2D eigenvalue weighted by Gasteiger charge is 2.26. The van der Waals surface area contributed by atoms with Gasteiger partial charge in [0, 0.05) is 5.92 Å². The predicted molar refractivity (Wildman–Crippen MR) is 78.9 cm³/mol. The second-order valence-electron chi connectivity index (χ2n) is 4.95. The van der Waals surface area contributed by atoms with Gasteiger partial charge in [-0.25, -0.2) is 0 Å². The summed E-state index contributed by atoms with van der Waals surface area (Å²) in [6.45, 7) is 0. The third-order valence-electron chi connectivity index (χ3n) is 3.81. The molecule has 98 valence electrons. The Labute approximate surface area is 122 Å². The fraction of sp³-hybridized carbons (Fsp3) is 0.250. The summed E-state index contributed by atoms with van der Waals surface area (Å²) in [5.74, 6) is 0.286. The number of halogens is 2. The van der Waals surface area contributed by atoms with Crippen LogP contribution in [0.15, 0.2) is 42.5 Å². The summed E-state index contributed by atoms with van der Waals surface area (Å²) < 4.78 is 0. The molecule has 3 rings (SSSR count). The average Bonchev–Trinajstić information content (AvgIpc) is 2.43. The van der Waals surface area contributed by atoms with Crippen molar-refractivity contribution in [2.75, 3.05) is 0 Å². The van der Waals surface area contributed by atoms with Gasteiger partial charge in [-0.05, 0) is 41.7 Å². The minimum absolute atomic E-state index is 0.286. The van der Waals surface area contributed by atoms with Gasteiger partial charge in [-0.15, -0.1) is 0 Å². The van der Waals surface area contributed by atoms with Gasteiger partial charge in [0.25, 0.3) is 0 Å². The maximum atomic E-state index is 10.1. The van der Waals surface area contributed by atoms with E-state index < -0.39 is 0 Å². The smallest absolute Gasteiger partial charge is 0.0793 e. The lowest BCUT2D eigenvalue weighted by atomic mass is 9.78. The lowest BCUT2D eigenvalue weighted by Gasteiger charge is -2.29. The Morgan fingerprint density at radius 1 is 0.895 bits per heavy atom. The summed E-state index contributed by atoms with van der Waals surface area (Å²) in [6.07, 6.45) is 1.35. The van der Waals surface area contributed by atoms with Gasteiger partial charge in [0.2, 0.25) is 0 Å². The molecule has 1 N–H and O–H groups in total. The lowest BCUT2D eigenvalue weighted by molar-refractivity contribution is 0.153. The van der Waals surface area contributed by atoms with E-state index in [1.54, 1.807) is 0 Å². The third kappa shape index (κ3) is 2.38. The van der Waals surface area contributed by atoms with Gasteiger partial charge in [-0.1, -0.05) is 53.5 Å². The van der Waals surface area contributed by atoms with Gasteiger partial charge in [-0.3, -0.25) is 0 Å². The van der Waals surface area contributed by atoms with E-state index in [4.69, 9.17) is 23.2 Å². The van der Waals surface area contributed by atoms with Crippen LogP contribution in [0.3, 0.4) is 0 Å². The molecule has 1 aliphatic carbocycles. The van der Waals surface area contributed by atoms with Gasteiger partial charge in [0.05, 0.1) is 16.1 Å². The first-order chi connectivity index (χ1) is 9.16. The van der Waals surface area contributed by atoms with Crippen molar-refractivity contribution in [2.24, 2.45) is 0 Å². The molecule has 0 spiro atoms. The van der Waals surface area contributed by atoms with Crippen LogP contribution in [0.4, 0.5) is 0 Å². The molecule has 0 aromatic heterocycles. The fourth-order valence-electron chi connectivity index (χ4n) is 2.84. The highest BCUT2D eigenvalue weighted by atomic mass is 35.5. The molecule has 0 fully saturated rings. The van der Waals surface area contributed by atoms with Crippen LogP contribution in [-0.4, -0.2) is 5.11 Å². The summed E-state index contributed by atoms with van der Waals surface area (Å²) in [5.41, 5.74) is 3.39. The van der Waals surface area contributed by atoms with E-state index in [-0.39, 0.29) is 12.0 Å². The molecule has 0 amide bonds. The highest BCUT2D eigenvalue weighted by Crippen LogP contribution is 2.42. The van der Waals surface area contributed by atoms with Crippen molar-refractivity contribution in [3.63, 3.8) is 0 Å². The van der Waals surface area contributed by atoms with Gasteiger partial charge >= 0.3 is 0 Å². The zero-order valence-electron chi connectivity index (χ0n) is 10.3. The van der Waals surface area contributed by atoms with Crippen molar-refractivity contribution >= 4 is 23.2 Å². The number of aliphatic hydroxyl groups is 1. The van der Waals surface area contributed by atoms with Crippen LogP contribution in [0.25, 0.3) is 0 Å². The van der Waals surface area contributed by atoms with E-state index in [9.17, 15) is 5.11 Å². The highest BCUT2D eigenvalue weighted by molar-refractivity contribution is 6.42. The van der Waals surface area contributed by atoms with Gasteiger partial charge in [-0.2, -0.15) is 0 Å². The zero-order valence-corrected chi connectivity index (χ0v) is 11.8. The molecule has 1 aliphatic rings. The van der Waals surface area contributed by atoms with Crippen molar-refractivity contribution in [3.8, 4) is 0 Å². The molecule has 0 radical (unpaired) electrons. The standard InChI is InChI=1S/C16H14Cl2O/c17-14-7-5-10(9-15(14)18)11-6-8-16(19)13-4-2-1-3-12(11)13/h1-5,7,9,11,16,19H,6,8H2/t11-,16-/m1/s1. The van der Waals surface area contributed by atoms with E-state index in [0.29, 0.717) is 10.0 Å². The number of rotatable bonds is 1. The first-order valence-corrected chi connectivity index (χ1v) is 7.14. The Kier molecular flexibility index (Phi) is 3.53. The predicted octanol–water partition coefficient (Wildman–Crippen LogP) is 4.95. The molecule has 19 heavy (non-hydrogen) atoms. The van der Waals surface area contributed by atoms with Crippen LogP contribution >= 0.6 is 23.2 Å². The van der Waals surface area contributed by atoms with Crippen molar-refractivity contribution in [2.45, 2.75) is 24.9 Å². The van der Waals surface area contributed by atoms with Gasteiger partial charge in [0.15, 0.2) is 0 Å². The van der Waals surface area contributed by atoms with Crippen molar-refractivity contribution in [1.29, 1.82) is 0 Å². The molecule has 0 heterocycles. The number of benzene rings is 2. The molecule has 0 saturated heterocycles. The summed E-state index contributed by atoms with van der Waals surface area (Å²) in [5, 5.41) is 11.2. The molecule has 3 heteroatoms. The van der Waals surface area contributed by atoms with E-state index in [0.717, 1.165) is 24.0 Å². The fourth-order valence-corrected chi connectivity index (χ4v) is 3.15. The molecule has 2 aromatic rings. The lowest BCUT2D eigenvalue weighted by Crippen LogP contribution is -2.15. The third-order valence-corrected chi connectivity index (χ3v) is 4.54. The van der Waals surface area contributed by atoms with Crippen LogP contribution in [0, 0.1) is 0 Å². The average molecular weight is 293 g/mol. The van der Waals surface area contributed by atoms with Crippen LogP contribution in [0.2, 0.25) is 10.0 Å². The molecule has 0 unspecified atom stereocenters. The van der Waals surface area contributed by atoms with E-state index in [1.807, 2.05) is 36.4 Å². The summed E-state index contributed by atoms with van der Waals surface area (Å²) >= 11 is 12.1. The Morgan fingerprint density at radius 2 is 1.63 bits per heavy atom. The van der Waals surface area contributed by atoms with Crippen LogP contribution in [-0.2, 0) is 0 Å². The minimum Gasteiger partial charge on any atom is -0.388 e. The zero-order chi connectivity index (χ0) is 13.4. The molecule has 0 saturated carbocycles. The summed E-state index contributed by atoms with van der Waals surface area (Å²) in [6, 6.07) is 13.9. The van der Waals surface area contributed by atoms with E-state index in [1.165, 1.54) is 5.56 Å². The van der Waals surface area contributed by atoms with E-state index >= 15 is 0 Å². The largest absolute Gasteiger partial charge is 0.388 e.